The molecule has 0 aliphatic carbocycles. The third-order valence-corrected chi connectivity index (χ3v) is 5.10. The average molecular weight is 381 g/mol. The van der Waals surface area contributed by atoms with Crippen molar-refractivity contribution in [2.45, 2.75) is 32.3 Å². The number of hydrogen-bond donors (Lipinski definition) is 0. The van der Waals surface area contributed by atoms with Crippen molar-refractivity contribution in [1.29, 1.82) is 0 Å². The lowest BCUT2D eigenvalue weighted by Crippen LogP contribution is -2.37. The standard InChI is InChI=1S/C22H24FN3O2/c1-2-10-25(15-19-7-4-11-28-19)22(27)17-6-3-5-16(12-17)20-13-24-21-9-8-18(23)14-26(20)21/h3,5-6,8-9,12-14,19H,2,4,7,10-11,15H2,1H3/t19-/m0/s1. The van der Waals surface area contributed by atoms with Gasteiger partial charge >= 0.3 is 0 Å². The van der Waals surface area contributed by atoms with E-state index in [1.807, 2.05) is 29.2 Å². The van der Waals surface area contributed by atoms with Gasteiger partial charge in [-0.1, -0.05) is 19.1 Å². The van der Waals surface area contributed by atoms with Crippen LogP contribution >= 0.6 is 0 Å². The van der Waals surface area contributed by atoms with Crippen LogP contribution in [0.4, 0.5) is 4.39 Å². The summed E-state index contributed by atoms with van der Waals surface area (Å²) < 4.78 is 21.1. The number of ether oxygens (including phenoxy) is 1. The Bertz CT molecular complexity index is 979. The minimum Gasteiger partial charge on any atom is -0.376 e. The Balaban J connectivity index is 1.63. The zero-order valence-corrected chi connectivity index (χ0v) is 16.0. The molecule has 1 saturated heterocycles. The minimum atomic E-state index is -0.329. The van der Waals surface area contributed by atoms with Crippen LogP contribution in [-0.4, -0.2) is 46.0 Å². The summed E-state index contributed by atoms with van der Waals surface area (Å²) >= 11 is 0. The molecular formula is C22H24FN3O2. The van der Waals surface area contributed by atoms with Crippen molar-refractivity contribution in [3.05, 3.63) is 60.2 Å². The number of nitrogens with zero attached hydrogens (tertiary/aromatic N) is 3. The second-order valence-corrected chi connectivity index (χ2v) is 7.19. The smallest absolute Gasteiger partial charge is 0.253 e. The summed E-state index contributed by atoms with van der Waals surface area (Å²) in [7, 11) is 0. The maximum Gasteiger partial charge on any atom is 0.253 e. The summed E-state index contributed by atoms with van der Waals surface area (Å²) in [5.41, 5.74) is 2.87. The molecule has 1 aromatic carbocycles. The van der Waals surface area contributed by atoms with Crippen LogP contribution in [0, 0.1) is 5.82 Å². The summed E-state index contributed by atoms with van der Waals surface area (Å²) in [6.45, 7) is 4.17. The van der Waals surface area contributed by atoms with Gasteiger partial charge in [0.1, 0.15) is 11.5 Å². The number of amides is 1. The second-order valence-electron chi connectivity index (χ2n) is 7.19. The molecule has 3 heterocycles. The van der Waals surface area contributed by atoms with E-state index in [0.717, 1.165) is 37.1 Å². The first-order chi connectivity index (χ1) is 13.7. The highest BCUT2D eigenvalue weighted by Gasteiger charge is 2.23. The predicted molar refractivity (Wildman–Crippen MR) is 106 cm³/mol. The number of carbonyl (C=O) groups is 1. The van der Waals surface area contributed by atoms with Crippen LogP contribution in [0.2, 0.25) is 0 Å². The van der Waals surface area contributed by atoms with Gasteiger partial charge < -0.3 is 9.64 Å². The molecule has 1 fully saturated rings. The lowest BCUT2D eigenvalue weighted by atomic mass is 10.1. The Morgan fingerprint density at radius 3 is 3.04 bits per heavy atom. The van der Waals surface area contributed by atoms with Crippen LogP contribution in [0.1, 0.15) is 36.5 Å². The lowest BCUT2D eigenvalue weighted by Gasteiger charge is -2.25. The van der Waals surface area contributed by atoms with E-state index in [2.05, 4.69) is 11.9 Å². The molecule has 146 valence electrons. The number of imidazole rings is 1. The fourth-order valence-electron chi connectivity index (χ4n) is 3.74. The van der Waals surface area contributed by atoms with Gasteiger partial charge in [0.25, 0.3) is 5.91 Å². The molecule has 0 unspecified atom stereocenters. The molecule has 5 nitrogen and oxygen atoms in total. The van der Waals surface area contributed by atoms with Gasteiger partial charge in [-0.2, -0.15) is 0 Å². The second kappa shape index (κ2) is 8.10. The Morgan fingerprint density at radius 1 is 1.36 bits per heavy atom. The molecular weight excluding hydrogens is 357 g/mol. The van der Waals surface area contributed by atoms with E-state index in [-0.39, 0.29) is 17.8 Å². The van der Waals surface area contributed by atoms with Crippen molar-refractivity contribution in [1.82, 2.24) is 14.3 Å². The Labute approximate surface area is 163 Å². The van der Waals surface area contributed by atoms with Crippen molar-refractivity contribution in [2.24, 2.45) is 0 Å². The fraction of sp³-hybridized carbons (Fsp3) is 0.364. The molecule has 0 radical (unpaired) electrons. The van der Waals surface area contributed by atoms with Crippen LogP contribution in [0.15, 0.2) is 48.8 Å². The highest BCUT2D eigenvalue weighted by Crippen LogP contribution is 2.23. The quantitative estimate of drug-likeness (QED) is 0.644. The van der Waals surface area contributed by atoms with Gasteiger partial charge in [0.2, 0.25) is 0 Å². The number of carbonyl (C=O) groups excluding carboxylic acids is 1. The molecule has 0 N–H and O–H groups in total. The lowest BCUT2D eigenvalue weighted by molar-refractivity contribution is 0.0526. The van der Waals surface area contributed by atoms with E-state index in [4.69, 9.17) is 4.74 Å². The van der Waals surface area contributed by atoms with Crippen molar-refractivity contribution in [3.8, 4) is 11.3 Å². The van der Waals surface area contributed by atoms with Crippen LogP contribution in [0.3, 0.4) is 0 Å². The molecule has 0 spiro atoms. The fourth-order valence-corrected chi connectivity index (χ4v) is 3.74. The third kappa shape index (κ3) is 3.78. The van der Waals surface area contributed by atoms with Gasteiger partial charge in [-0.15, -0.1) is 0 Å². The third-order valence-electron chi connectivity index (χ3n) is 5.10. The van der Waals surface area contributed by atoms with E-state index >= 15 is 0 Å². The average Bonchev–Trinajstić information content (AvgIpc) is 3.36. The Morgan fingerprint density at radius 2 is 2.25 bits per heavy atom. The van der Waals surface area contributed by atoms with Crippen molar-refractivity contribution in [2.75, 3.05) is 19.7 Å². The molecule has 1 atom stereocenters. The summed E-state index contributed by atoms with van der Waals surface area (Å²) in [5.74, 6) is -0.330. The molecule has 4 rings (SSSR count). The van der Waals surface area contributed by atoms with Crippen molar-refractivity contribution >= 4 is 11.6 Å². The van der Waals surface area contributed by atoms with Crippen LogP contribution in [0.25, 0.3) is 16.9 Å². The summed E-state index contributed by atoms with van der Waals surface area (Å²) in [6.07, 6.45) is 6.19. The molecule has 3 aromatic rings. The molecule has 6 heteroatoms. The van der Waals surface area contributed by atoms with Crippen LogP contribution < -0.4 is 0 Å². The molecule has 0 bridgehead atoms. The minimum absolute atomic E-state index is 0.000739. The van der Waals surface area contributed by atoms with Gasteiger partial charge in [-0.3, -0.25) is 9.20 Å². The first-order valence-electron chi connectivity index (χ1n) is 9.79. The zero-order valence-electron chi connectivity index (χ0n) is 16.0. The monoisotopic (exact) mass is 381 g/mol. The van der Waals surface area contributed by atoms with Crippen molar-refractivity contribution < 1.29 is 13.9 Å². The van der Waals surface area contributed by atoms with E-state index in [1.165, 1.54) is 12.3 Å². The van der Waals surface area contributed by atoms with Gasteiger partial charge in [-0.05, 0) is 43.5 Å². The van der Waals surface area contributed by atoms with Crippen molar-refractivity contribution in [3.63, 3.8) is 0 Å². The first-order valence-corrected chi connectivity index (χ1v) is 9.79. The number of aromatic nitrogens is 2. The van der Waals surface area contributed by atoms with E-state index in [0.29, 0.717) is 24.3 Å². The van der Waals surface area contributed by atoms with Crippen LogP contribution in [-0.2, 0) is 4.74 Å². The maximum atomic E-state index is 13.7. The number of fused-ring (bicyclic) bond motifs is 1. The first kappa shape index (κ1) is 18.6. The number of hydrogen-bond acceptors (Lipinski definition) is 3. The molecule has 2 aromatic heterocycles. The zero-order chi connectivity index (χ0) is 19.5. The number of pyridine rings is 1. The normalized spacial score (nSPS) is 16.6. The molecule has 28 heavy (non-hydrogen) atoms. The summed E-state index contributed by atoms with van der Waals surface area (Å²) in [6, 6.07) is 10.5. The molecule has 0 saturated carbocycles. The largest absolute Gasteiger partial charge is 0.376 e. The molecule has 1 amide bonds. The number of rotatable bonds is 6. The molecule has 1 aliphatic rings. The van der Waals surface area contributed by atoms with Gasteiger partial charge in [0.15, 0.2) is 0 Å². The number of benzene rings is 1. The maximum absolute atomic E-state index is 13.7. The van der Waals surface area contributed by atoms with Gasteiger partial charge in [-0.25, -0.2) is 9.37 Å². The predicted octanol–water partition coefficient (Wildman–Crippen LogP) is 4.17. The summed E-state index contributed by atoms with van der Waals surface area (Å²) in [5, 5.41) is 0. The Kier molecular flexibility index (Phi) is 5.39. The van der Waals surface area contributed by atoms with Gasteiger partial charge in [0, 0.05) is 37.0 Å². The Hall–Kier alpha value is -2.73. The number of halogens is 1. The van der Waals surface area contributed by atoms with E-state index < -0.39 is 0 Å². The van der Waals surface area contributed by atoms with E-state index in [1.54, 1.807) is 16.7 Å². The van der Waals surface area contributed by atoms with Crippen LogP contribution in [0.5, 0.6) is 0 Å². The van der Waals surface area contributed by atoms with E-state index in [9.17, 15) is 9.18 Å². The highest BCUT2D eigenvalue weighted by atomic mass is 19.1. The molecule has 1 aliphatic heterocycles. The SMILES string of the molecule is CCCN(C[C@@H]1CCCO1)C(=O)c1cccc(-c2cnc3ccc(F)cn23)c1. The summed E-state index contributed by atoms with van der Waals surface area (Å²) in [4.78, 5) is 19.4. The van der Waals surface area contributed by atoms with Gasteiger partial charge in [0.05, 0.1) is 18.0 Å². The highest BCUT2D eigenvalue weighted by molar-refractivity contribution is 5.95. The topological polar surface area (TPSA) is 46.8 Å².